The fourth-order valence-corrected chi connectivity index (χ4v) is 1.58. The van der Waals surface area contributed by atoms with E-state index in [4.69, 9.17) is 0 Å². The second-order valence-electron chi connectivity index (χ2n) is 3.78. The van der Waals surface area contributed by atoms with Crippen LogP contribution in [0.25, 0.3) is 0 Å². The Kier molecular flexibility index (Phi) is 4.73. The molecule has 1 aliphatic heterocycles. The van der Waals surface area contributed by atoms with Crippen molar-refractivity contribution in [2.45, 2.75) is 38.7 Å². The number of nitrogens with one attached hydrogen (secondary N) is 1. The molecule has 82 valence electrons. The molecule has 0 bridgehead atoms. The number of urea groups is 1. The van der Waals surface area contributed by atoms with Crippen molar-refractivity contribution >= 4 is 6.03 Å². The third kappa shape index (κ3) is 3.54. The lowest BCUT2D eigenvalue weighted by Crippen LogP contribution is -2.39. The highest BCUT2D eigenvalue weighted by atomic mass is 16.3. The lowest BCUT2D eigenvalue weighted by atomic mass is 10.2. The van der Waals surface area contributed by atoms with Gasteiger partial charge in [-0.2, -0.15) is 0 Å². The number of aliphatic hydroxyl groups excluding tert-OH is 1. The maximum Gasteiger partial charge on any atom is 0.317 e. The Hall–Kier alpha value is -0.770. The molecule has 1 unspecified atom stereocenters. The van der Waals surface area contributed by atoms with Gasteiger partial charge in [0.15, 0.2) is 0 Å². The molecule has 4 nitrogen and oxygen atoms in total. The van der Waals surface area contributed by atoms with Gasteiger partial charge in [-0.3, -0.25) is 0 Å². The van der Waals surface area contributed by atoms with Crippen molar-refractivity contribution in [3.05, 3.63) is 0 Å². The molecular formula is C10H20N2O2. The lowest BCUT2D eigenvalue weighted by molar-refractivity contribution is 0.158. The Bertz CT molecular complexity index is 179. The molecule has 2 amide bonds. The highest BCUT2D eigenvalue weighted by molar-refractivity contribution is 5.74. The van der Waals surface area contributed by atoms with E-state index in [1.165, 1.54) is 0 Å². The maximum atomic E-state index is 11.4. The second kappa shape index (κ2) is 5.86. The summed E-state index contributed by atoms with van der Waals surface area (Å²) < 4.78 is 0. The summed E-state index contributed by atoms with van der Waals surface area (Å²) in [7, 11) is 0. The van der Waals surface area contributed by atoms with Gasteiger partial charge in [0.05, 0.1) is 6.10 Å². The zero-order valence-corrected chi connectivity index (χ0v) is 8.83. The van der Waals surface area contributed by atoms with Crippen LogP contribution in [0, 0.1) is 0 Å². The standard InChI is InChI=1S/C10H20N2O2/c1-2-9(13)5-6-11-10(14)12-7-3-4-8-12/h9,13H,2-8H2,1H3,(H,11,14). The molecule has 0 saturated carbocycles. The predicted molar refractivity (Wildman–Crippen MR) is 55.1 cm³/mol. The lowest BCUT2D eigenvalue weighted by Gasteiger charge is -2.16. The number of nitrogens with zero attached hydrogens (tertiary/aromatic N) is 1. The van der Waals surface area contributed by atoms with Gasteiger partial charge in [-0.1, -0.05) is 6.92 Å². The minimum absolute atomic E-state index is 0.0193. The number of rotatable bonds is 4. The summed E-state index contributed by atoms with van der Waals surface area (Å²) in [5.74, 6) is 0. The van der Waals surface area contributed by atoms with E-state index in [2.05, 4.69) is 5.32 Å². The second-order valence-corrected chi connectivity index (χ2v) is 3.78. The van der Waals surface area contributed by atoms with E-state index in [1.54, 1.807) is 0 Å². The molecule has 1 fully saturated rings. The molecule has 14 heavy (non-hydrogen) atoms. The average Bonchev–Trinajstić information content (AvgIpc) is 2.70. The van der Waals surface area contributed by atoms with E-state index in [0.29, 0.717) is 13.0 Å². The number of likely N-dealkylation sites (tertiary alicyclic amines) is 1. The number of hydrogen-bond acceptors (Lipinski definition) is 2. The topological polar surface area (TPSA) is 52.6 Å². The first-order valence-corrected chi connectivity index (χ1v) is 5.45. The van der Waals surface area contributed by atoms with Gasteiger partial charge in [0.1, 0.15) is 0 Å². The number of carbonyl (C=O) groups excluding carboxylic acids is 1. The van der Waals surface area contributed by atoms with Crippen molar-refractivity contribution in [1.29, 1.82) is 0 Å². The van der Waals surface area contributed by atoms with Crippen LogP contribution in [0.3, 0.4) is 0 Å². The van der Waals surface area contributed by atoms with Gasteiger partial charge < -0.3 is 15.3 Å². The molecule has 0 aromatic rings. The molecule has 0 aromatic carbocycles. The molecule has 1 aliphatic rings. The van der Waals surface area contributed by atoms with Gasteiger partial charge in [0.25, 0.3) is 0 Å². The Morgan fingerprint density at radius 1 is 1.50 bits per heavy atom. The summed E-state index contributed by atoms with van der Waals surface area (Å²) in [6.07, 6.45) is 3.35. The van der Waals surface area contributed by atoms with Crippen LogP contribution in [-0.2, 0) is 0 Å². The van der Waals surface area contributed by atoms with E-state index in [1.807, 2.05) is 11.8 Å². The molecule has 1 atom stereocenters. The van der Waals surface area contributed by atoms with Crippen LogP contribution in [0.15, 0.2) is 0 Å². The molecule has 0 aromatic heterocycles. The summed E-state index contributed by atoms with van der Waals surface area (Å²) in [6.45, 7) is 4.27. The Labute approximate surface area is 85.3 Å². The first-order valence-electron chi connectivity index (χ1n) is 5.45. The molecular weight excluding hydrogens is 180 g/mol. The van der Waals surface area contributed by atoms with Crippen LogP contribution in [0.1, 0.15) is 32.6 Å². The van der Waals surface area contributed by atoms with E-state index in [9.17, 15) is 9.90 Å². The summed E-state index contributed by atoms with van der Waals surface area (Å²) in [5, 5.41) is 12.1. The first-order chi connectivity index (χ1) is 6.74. The van der Waals surface area contributed by atoms with Crippen LogP contribution in [0.5, 0.6) is 0 Å². The van der Waals surface area contributed by atoms with E-state index >= 15 is 0 Å². The van der Waals surface area contributed by atoms with Crippen molar-refractivity contribution in [3.63, 3.8) is 0 Å². The number of aliphatic hydroxyl groups is 1. The Balaban J connectivity index is 2.08. The Morgan fingerprint density at radius 2 is 2.14 bits per heavy atom. The van der Waals surface area contributed by atoms with Gasteiger partial charge in [0, 0.05) is 19.6 Å². The maximum absolute atomic E-state index is 11.4. The fourth-order valence-electron chi connectivity index (χ4n) is 1.58. The van der Waals surface area contributed by atoms with E-state index in [-0.39, 0.29) is 12.1 Å². The molecule has 1 heterocycles. The molecule has 4 heteroatoms. The number of hydrogen-bond donors (Lipinski definition) is 2. The van der Waals surface area contributed by atoms with Gasteiger partial charge in [-0.05, 0) is 25.7 Å². The minimum Gasteiger partial charge on any atom is -0.393 e. The smallest absolute Gasteiger partial charge is 0.317 e. The SMILES string of the molecule is CCC(O)CCNC(=O)N1CCCC1. The summed E-state index contributed by atoms with van der Waals surface area (Å²) >= 11 is 0. The van der Waals surface area contributed by atoms with Crippen molar-refractivity contribution in [2.24, 2.45) is 0 Å². The molecule has 0 spiro atoms. The normalized spacial score (nSPS) is 18.3. The van der Waals surface area contributed by atoms with Gasteiger partial charge in [0.2, 0.25) is 0 Å². The number of amides is 2. The van der Waals surface area contributed by atoms with Crippen LogP contribution >= 0.6 is 0 Å². The zero-order chi connectivity index (χ0) is 10.4. The van der Waals surface area contributed by atoms with Crippen molar-refractivity contribution < 1.29 is 9.90 Å². The first kappa shape index (κ1) is 11.3. The molecule has 2 N–H and O–H groups in total. The van der Waals surface area contributed by atoms with Gasteiger partial charge in [-0.15, -0.1) is 0 Å². The monoisotopic (exact) mass is 200 g/mol. The van der Waals surface area contributed by atoms with Crippen molar-refractivity contribution in [3.8, 4) is 0 Å². The van der Waals surface area contributed by atoms with E-state index < -0.39 is 0 Å². The van der Waals surface area contributed by atoms with Gasteiger partial charge in [-0.25, -0.2) is 4.79 Å². The average molecular weight is 200 g/mol. The van der Waals surface area contributed by atoms with Crippen molar-refractivity contribution in [2.75, 3.05) is 19.6 Å². The van der Waals surface area contributed by atoms with E-state index in [0.717, 1.165) is 32.4 Å². The molecule has 1 saturated heterocycles. The fraction of sp³-hybridized carbons (Fsp3) is 0.900. The predicted octanol–water partition coefficient (Wildman–Crippen LogP) is 0.953. The molecule has 0 radical (unpaired) electrons. The quantitative estimate of drug-likeness (QED) is 0.710. The van der Waals surface area contributed by atoms with Crippen molar-refractivity contribution in [1.82, 2.24) is 10.2 Å². The third-order valence-electron chi connectivity index (χ3n) is 2.62. The van der Waals surface area contributed by atoms with Crippen LogP contribution in [-0.4, -0.2) is 41.8 Å². The highest BCUT2D eigenvalue weighted by Crippen LogP contribution is 2.06. The number of carbonyl (C=O) groups is 1. The van der Waals surface area contributed by atoms with Crippen LogP contribution in [0.4, 0.5) is 4.79 Å². The highest BCUT2D eigenvalue weighted by Gasteiger charge is 2.16. The minimum atomic E-state index is -0.283. The zero-order valence-electron chi connectivity index (χ0n) is 8.83. The Morgan fingerprint density at radius 3 is 2.71 bits per heavy atom. The molecule has 0 aliphatic carbocycles. The summed E-state index contributed by atoms with van der Waals surface area (Å²) in [6, 6.07) is 0.0193. The third-order valence-corrected chi connectivity index (χ3v) is 2.62. The largest absolute Gasteiger partial charge is 0.393 e. The van der Waals surface area contributed by atoms with Crippen LogP contribution < -0.4 is 5.32 Å². The summed E-state index contributed by atoms with van der Waals surface area (Å²) in [4.78, 5) is 13.3. The molecule has 1 rings (SSSR count). The van der Waals surface area contributed by atoms with Gasteiger partial charge >= 0.3 is 6.03 Å². The summed E-state index contributed by atoms with van der Waals surface area (Å²) in [5.41, 5.74) is 0. The van der Waals surface area contributed by atoms with Crippen LogP contribution in [0.2, 0.25) is 0 Å².